The first-order valence-corrected chi connectivity index (χ1v) is 14.0. The number of aliphatic hydroxyl groups is 1. The Bertz CT molecular complexity index is 1040. The Kier molecular flexibility index (Phi) is 10.6. The molecule has 2 aliphatic rings. The van der Waals surface area contributed by atoms with Crippen molar-refractivity contribution in [2.24, 2.45) is 11.8 Å². The Morgan fingerprint density at radius 1 is 1.19 bits per heavy atom. The normalized spacial score (nSPS) is 30.2. The number of aryl methyl sites for hydroxylation is 1. The lowest BCUT2D eigenvalue weighted by molar-refractivity contribution is -0.158. The summed E-state index contributed by atoms with van der Waals surface area (Å²) in [4.78, 5) is 44.8. The van der Waals surface area contributed by atoms with Gasteiger partial charge in [-0.3, -0.25) is 9.59 Å². The lowest BCUT2D eigenvalue weighted by atomic mass is 9.94. The zero-order valence-corrected chi connectivity index (χ0v) is 23.0. The molecule has 0 saturated carbocycles. The van der Waals surface area contributed by atoms with Gasteiger partial charge in [-0.1, -0.05) is 50.6 Å². The molecule has 4 atom stereocenters. The maximum absolute atomic E-state index is 13.2. The van der Waals surface area contributed by atoms with Gasteiger partial charge < -0.3 is 20.1 Å². The molecule has 0 aliphatic carbocycles. The number of aliphatic hydroxyl groups excluding tert-OH is 1. The highest BCUT2D eigenvalue weighted by Gasteiger charge is 2.38. The highest BCUT2D eigenvalue weighted by atomic mass is 32.1. The van der Waals surface area contributed by atoms with Gasteiger partial charge in [-0.25, -0.2) is 9.78 Å². The van der Waals surface area contributed by atoms with Crippen molar-refractivity contribution in [3.8, 4) is 0 Å². The van der Waals surface area contributed by atoms with E-state index in [9.17, 15) is 19.5 Å². The van der Waals surface area contributed by atoms with Crippen molar-refractivity contribution in [2.75, 3.05) is 13.1 Å². The van der Waals surface area contributed by atoms with E-state index in [-0.39, 0.29) is 23.7 Å². The maximum Gasteiger partial charge on any atom is 0.329 e. The molecular formula is C28H39N3O5S. The van der Waals surface area contributed by atoms with E-state index >= 15 is 0 Å². The van der Waals surface area contributed by atoms with Gasteiger partial charge in [0.05, 0.1) is 11.1 Å². The van der Waals surface area contributed by atoms with Crippen LogP contribution in [0.2, 0.25) is 0 Å². The molecular weight excluding hydrogens is 490 g/mol. The Hall–Kier alpha value is -2.78. The number of fused-ring (bicyclic) bond motifs is 3. The number of aromatic nitrogens is 1. The van der Waals surface area contributed by atoms with E-state index < -0.39 is 24.2 Å². The summed E-state index contributed by atoms with van der Waals surface area (Å²) in [5.41, 5.74) is 1.26. The van der Waals surface area contributed by atoms with Crippen molar-refractivity contribution < 1.29 is 24.2 Å². The number of nitrogens with zero attached hydrogens (tertiary/aromatic N) is 2. The van der Waals surface area contributed by atoms with Crippen LogP contribution in [0.25, 0.3) is 0 Å². The van der Waals surface area contributed by atoms with Gasteiger partial charge in [0.2, 0.25) is 5.91 Å². The Balaban J connectivity index is 1.82. The molecule has 202 valence electrons. The van der Waals surface area contributed by atoms with Crippen molar-refractivity contribution in [1.82, 2.24) is 15.2 Å². The van der Waals surface area contributed by atoms with Gasteiger partial charge in [0.25, 0.3) is 5.91 Å². The fraction of sp³-hybridized carbons (Fsp3) is 0.571. The zero-order chi connectivity index (χ0) is 26.9. The van der Waals surface area contributed by atoms with Crippen LogP contribution >= 0.6 is 11.3 Å². The van der Waals surface area contributed by atoms with E-state index in [0.717, 1.165) is 23.4 Å². The number of hydrogen-bond donors (Lipinski definition) is 2. The number of carbonyl (C=O) groups excluding carboxylic acids is 3. The Labute approximate surface area is 223 Å². The predicted molar refractivity (Wildman–Crippen MR) is 144 cm³/mol. The molecule has 37 heavy (non-hydrogen) atoms. The smallest absolute Gasteiger partial charge is 0.329 e. The first-order valence-electron chi connectivity index (χ1n) is 13.1. The fourth-order valence-electron chi connectivity index (χ4n) is 4.71. The highest BCUT2D eigenvalue weighted by molar-refractivity contribution is 7.09. The lowest BCUT2D eigenvalue weighted by Crippen LogP contribution is -2.44. The third-order valence-electron chi connectivity index (χ3n) is 6.66. The highest BCUT2D eigenvalue weighted by Crippen LogP contribution is 2.26. The van der Waals surface area contributed by atoms with Gasteiger partial charge in [-0.2, -0.15) is 0 Å². The number of cyclic esters (lactones) is 1. The molecule has 0 aromatic carbocycles. The fourth-order valence-corrected chi connectivity index (χ4v) is 5.52. The van der Waals surface area contributed by atoms with E-state index in [2.05, 4.69) is 10.3 Å². The molecule has 1 aromatic rings. The van der Waals surface area contributed by atoms with Gasteiger partial charge in [0, 0.05) is 24.4 Å². The monoisotopic (exact) mass is 529 g/mol. The van der Waals surface area contributed by atoms with Gasteiger partial charge in [-0.15, -0.1) is 11.3 Å². The largest absolute Gasteiger partial charge is 0.460 e. The SMILES string of the molecule is CC1=C\[C@@H](O)CCCc2nc(cs2)C(=O)N2CCC[C@@H]2C(=O)O[C@H](C(C)C)[C@H](C)/C=C/C(=O)NC\C=C\1. The minimum Gasteiger partial charge on any atom is -0.460 e. The van der Waals surface area contributed by atoms with E-state index in [1.165, 1.54) is 17.4 Å². The first-order chi connectivity index (χ1) is 17.7. The number of allylic oxidation sites excluding steroid dienone is 2. The van der Waals surface area contributed by atoms with Crippen molar-refractivity contribution in [3.63, 3.8) is 0 Å². The van der Waals surface area contributed by atoms with Gasteiger partial charge in [0.15, 0.2) is 0 Å². The van der Waals surface area contributed by atoms with Crippen LogP contribution in [0.5, 0.6) is 0 Å². The van der Waals surface area contributed by atoms with Crippen LogP contribution in [0.4, 0.5) is 0 Å². The van der Waals surface area contributed by atoms with Gasteiger partial charge in [-0.05, 0) is 51.0 Å². The predicted octanol–water partition coefficient (Wildman–Crippen LogP) is 3.82. The van der Waals surface area contributed by atoms with Gasteiger partial charge >= 0.3 is 5.97 Å². The molecule has 3 rings (SSSR count). The van der Waals surface area contributed by atoms with Crippen LogP contribution in [0.3, 0.4) is 0 Å². The van der Waals surface area contributed by atoms with Crippen LogP contribution in [0.15, 0.2) is 41.3 Å². The zero-order valence-electron chi connectivity index (χ0n) is 22.2. The summed E-state index contributed by atoms with van der Waals surface area (Å²) in [6.45, 7) is 8.61. The molecule has 9 heteroatoms. The van der Waals surface area contributed by atoms with E-state index in [1.54, 1.807) is 22.4 Å². The molecule has 0 unspecified atom stereocenters. The van der Waals surface area contributed by atoms with Crippen molar-refractivity contribution >= 4 is 29.1 Å². The molecule has 8 nitrogen and oxygen atoms in total. The number of hydrogen-bond acceptors (Lipinski definition) is 7. The van der Waals surface area contributed by atoms with E-state index in [4.69, 9.17) is 4.74 Å². The van der Waals surface area contributed by atoms with Crippen LogP contribution in [-0.4, -0.2) is 64.1 Å². The molecule has 0 spiro atoms. The molecule has 0 radical (unpaired) electrons. The average Bonchev–Trinajstić information content (AvgIpc) is 3.52. The number of rotatable bonds is 1. The summed E-state index contributed by atoms with van der Waals surface area (Å²) >= 11 is 1.43. The van der Waals surface area contributed by atoms with Gasteiger partial charge in [0.1, 0.15) is 17.8 Å². The van der Waals surface area contributed by atoms with E-state index in [1.807, 2.05) is 39.8 Å². The van der Waals surface area contributed by atoms with Crippen molar-refractivity contribution in [3.05, 3.63) is 52.0 Å². The minimum absolute atomic E-state index is 0.0286. The summed E-state index contributed by atoms with van der Waals surface area (Å²) in [5, 5.41) is 15.7. The van der Waals surface area contributed by atoms with Crippen molar-refractivity contribution in [2.45, 2.75) is 78.0 Å². The topological polar surface area (TPSA) is 109 Å². The number of carbonyl (C=O) groups is 3. The number of amides is 2. The first kappa shape index (κ1) is 28.8. The second-order valence-corrected chi connectivity index (χ2v) is 11.1. The standard InChI is InChI=1S/C28H39N3O5S/c1-18(2)26-20(4)12-13-24(33)29-14-6-8-19(3)16-21(32)9-5-11-25-30-22(17-37-25)27(34)31-15-7-10-23(31)28(35)36-26/h6,8,12-13,16-18,20-21,23,26,32H,5,7,9-11,14-15H2,1-4H3,(H,29,33)/b8-6+,13-12+,19-16+/t20-,21+,23-,26-/m1/s1. The Morgan fingerprint density at radius 2 is 1.97 bits per heavy atom. The molecule has 3 heterocycles. The van der Waals surface area contributed by atoms with Crippen LogP contribution in [0, 0.1) is 11.8 Å². The second-order valence-electron chi connectivity index (χ2n) is 10.2. The number of nitrogens with one attached hydrogen (secondary N) is 1. The quantitative estimate of drug-likeness (QED) is 0.536. The van der Waals surface area contributed by atoms with Crippen LogP contribution < -0.4 is 5.32 Å². The lowest BCUT2D eigenvalue weighted by Gasteiger charge is -2.29. The Morgan fingerprint density at radius 3 is 2.73 bits per heavy atom. The summed E-state index contributed by atoms with van der Waals surface area (Å²) in [6.07, 6.45) is 10.9. The number of thiazole rings is 1. The minimum atomic E-state index is -0.642. The maximum atomic E-state index is 13.2. The summed E-state index contributed by atoms with van der Waals surface area (Å²) in [7, 11) is 0. The molecule has 1 saturated heterocycles. The number of ether oxygens (including phenoxy) is 1. The summed E-state index contributed by atoms with van der Waals surface area (Å²) < 4.78 is 5.93. The third-order valence-corrected chi connectivity index (χ3v) is 7.56. The van der Waals surface area contributed by atoms with Crippen molar-refractivity contribution in [1.29, 1.82) is 0 Å². The van der Waals surface area contributed by atoms with Crippen LogP contribution in [-0.2, 0) is 20.7 Å². The second kappa shape index (κ2) is 13.7. The summed E-state index contributed by atoms with van der Waals surface area (Å²) in [5.74, 6) is -1.06. The molecule has 1 fully saturated rings. The molecule has 2 N–H and O–H groups in total. The van der Waals surface area contributed by atoms with E-state index in [0.29, 0.717) is 38.0 Å². The average molecular weight is 530 g/mol. The number of esters is 1. The summed E-state index contributed by atoms with van der Waals surface area (Å²) in [6, 6.07) is -0.642. The molecule has 2 bridgehead atoms. The molecule has 2 amide bonds. The third kappa shape index (κ3) is 8.36. The molecule has 1 aromatic heterocycles. The van der Waals surface area contributed by atoms with Crippen LogP contribution in [0.1, 0.15) is 68.9 Å². The molecule has 2 aliphatic heterocycles.